The Kier molecular flexibility index (Phi) is 6.91. The molecule has 2 heterocycles. The zero-order chi connectivity index (χ0) is 27.2. The van der Waals surface area contributed by atoms with Gasteiger partial charge in [-0.15, -0.1) is 0 Å². The summed E-state index contributed by atoms with van der Waals surface area (Å²) in [6.07, 6.45) is -9.94. The number of benzene rings is 2. The predicted octanol–water partition coefficient (Wildman–Crippen LogP) is -0.712. The van der Waals surface area contributed by atoms with Crippen molar-refractivity contribution in [1.29, 1.82) is 0 Å². The molecule has 0 aliphatic carbocycles. The van der Waals surface area contributed by atoms with E-state index in [9.17, 15) is 49.0 Å². The van der Waals surface area contributed by atoms with Crippen molar-refractivity contribution in [1.82, 2.24) is 0 Å². The molecule has 200 valence electrons. The van der Waals surface area contributed by atoms with E-state index in [0.717, 1.165) is 24.3 Å². The van der Waals surface area contributed by atoms with Gasteiger partial charge in [0.05, 0.1) is 6.61 Å². The smallest absolute Gasteiger partial charge is 0.397 e. The Morgan fingerprint density at radius 3 is 2.27 bits per heavy atom. The number of aromatic hydroxyl groups is 4. The van der Waals surface area contributed by atoms with Gasteiger partial charge in [0, 0.05) is 17.7 Å². The van der Waals surface area contributed by atoms with E-state index in [4.69, 9.17) is 18.4 Å². The largest absolute Gasteiger partial charge is 0.508 e. The minimum absolute atomic E-state index is 0.0816. The van der Waals surface area contributed by atoms with E-state index < -0.39 is 93.0 Å². The van der Waals surface area contributed by atoms with E-state index in [1.54, 1.807) is 0 Å². The maximum atomic E-state index is 13.4. The molecule has 0 radical (unpaired) electrons. The molecule has 1 saturated heterocycles. The van der Waals surface area contributed by atoms with Crippen LogP contribution in [0.1, 0.15) is 0 Å². The van der Waals surface area contributed by atoms with Crippen LogP contribution in [0.2, 0.25) is 0 Å². The van der Waals surface area contributed by atoms with Gasteiger partial charge in [0.15, 0.2) is 17.3 Å². The van der Waals surface area contributed by atoms with Crippen LogP contribution in [0.4, 0.5) is 0 Å². The molecular weight excluding hydrogens is 524 g/mol. The summed E-state index contributed by atoms with van der Waals surface area (Å²) in [7, 11) is -5.23. The summed E-state index contributed by atoms with van der Waals surface area (Å²) >= 11 is 0. The second-order valence-corrected chi connectivity index (χ2v) is 8.99. The van der Waals surface area contributed by atoms with Crippen molar-refractivity contribution < 1.29 is 66.8 Å². The lowest BCUT2D eigenvalue weighted by molar-refractivity contribution is -0.272. The summed E-state index contributed by atoms with van der Waals surface area (Å²) in [6, 6.07) is 5.02. The third-order valence-corrected chi connectivity index (χ3v) is 5.91. The first-order chi connectivity index (χ1) is 17.3. The molecule has 0 bridgehead atoms. The topological polar surface area (TPSA) is 254 Å². The van der Waals surface area contributed by atoms with E-state index in [1.807, 2.05) is 0 Å². The van der Waals surface area contributed by atoms with Crippen molar-refractivity contribution in [2.24, 2.45) is 0 Å². The average molecular weight is 544 g/mol. The Morgan fingerprint density at radius 1 is 0.946 bits per heavy atom. The highest BCUT2D eigenvalue weighted by Gasteiger charge is 2.49. The number of phenolic OH excluding ortho intramolecular Hbond substituents is 4. The van der Waals surface area contributed by atoms with Gasteiger partial charge >= 0.3 is 10.4 Å². The zero-order valence-corrected chi connectivity index (χ0v) is 19.1. The van der Waals surface area contributed by atoms with Gasteiger partial charge in [-0.05, 0) is 18.2 Å². The Labute approximate surface area is 206 Å². The van der Waals surface area contributed by atoms with Crippen molar-refractivity contribution in [3.05, 3.63) is 40.6 Å². The quantitative estimate of drug-likeness (QED) is 0.141. The Bertz CT molecular complexity index is 1500. The molecule has 4 rings (SSSR count). The van der Waals surface area contributed by atoms with Crippen LogP contribution in [0.25, 0.3) is 22.3 Å². The first-order valence-electron chi connectivity index (χ1n) is 10.3. The molecule has 1 aliphatic heterocycles. The molecule has 1 fully saturated rings. The first kappa shape index (κ1) is 26.4. The maximum absolute atomic E-state index is 13.4. The number of phenols is 4. The van der Waals surface area contributed by atoms with E-state index in [1.165, 1.54) is 6.07 Å². The van der Waals surface area contributed by atoms with Gasteiger partial charge in [-0.3, -0.25) is 9.35 Å². The lowest BCUT2D eigenvalue weighted by Gasteiger charge is -2.40. The molecule has 1 aromatic heterocycles. The molecule has 15 nitrogen and oxygen atoms in total. The highest BCUT2D eigenvalue weighted by Crippen LogP contribution is 2.39. The molecule has 0 spiro atoms. The van der Waals surface area contributed by atoms with Crippen LogP contribution >= 0.6 is 0 Å². The minimum atomic E-state index is -5.23. The third-order valence-electron chi connectivity index (χ3n) is 5.44. The van der Waals surface area contributed by atoms with E-state index >= 15 is 0 Å². The van der Waals surface area contributed by atoms with Crippen molar-refractivity contribution >= 4 is 21.4 Å². The van der Waals surface area contributed by atoms with Crippen molar-refractivity contribution in [2.75, 3.05) is 6.61 Å². The SMILES string of the molecule is O=c1c(O[C@@H]2O[C@H](CO)[C@@H](O)[C@H](OS(=O)(=O)O)[C@H]2O)c(-c2ccc(O)c(O)c2)oc2cc(O)cc(O)c12. The second-order valence-electron chi connectivity index (χ2n) is 7.94. The Hall–Kier alpha value is -3.64. The fourth-order valence-corrected chi connectivity index (χ4v) is 4.26. The zero-order valence-electron chi connectivity index (χ0n) is 18.3. The number of hydrogen-bond donors (Lipinski definition) is 8. The number of aliphatic hydroxyl groups excluding tert-OH is 3. The molecule has 0 unspecified atom stereocenters. The van der Waals surface area contributed by atoms with Gasteiger partial charge in [0.2, 0.25) is 17.5 Å². The van der Waals surface area contributed by atoms with Crippen LogP contribution in [0.5, 0.6) is 28.7 Å². The average Bonchev–Trinajstić information content (AvgIpc) is 2.80. The normalized spacial score (nSPS) is 24.3. The minimum Gasteiger partial charge on any atom is -0.508 e. The van der Waals surface area contributed by atoms with Crippen molar-refractivity contribution in [3.8, 4) is 40.1 Å². The van der Waals surface area contributed by atoms with Crippen LogP contribution in [-0.2, 0) is 19.3 Å². The van der Waals surface area contributed by atoms with Gasteiger partial charge in [0.1, 0.15) is 46.9 Å². The molecule has 0 amide bonds. The molecule has 0 saturated carbocycles. The summed E-state index contributed by atoms with van der Waals surface area (Å²) in [6.45, 7) is -0.940. The molecule has 3 aromatic rings. The maximum Gasteiger partial charge on any atom is 0.397 e. The number of ether oxygens (including phenoxy) is 2. The predicted molar refractivity (Wildman–Crippen MR) is 119 cm³/mol. The van der Waals surface area contributed by atoms with Gasteiger partial charge in [0.25, 0.3) is 0 Å². The Balaban J connectivity index is 1.89. The number of rotatable bonds is 6. The van der Waals surface area contributed by atoms with Crippen LogP contribution in [-0.4, -0.2) is 86.0 Å². The fourth-order valence-electron chi connectivity index (χ4n) is 3.75. The lowest BCUT2D eigenvalue weighted by atomic mass is 9.99. The second kappa shape index (κ2) is 9.67. The molecule has 16 heteroatoms. The van der Waals surface area contributed by atoms with Crippen molar-refractivity contribution in [2.45, 2.75) is 30.7 Å². The summed E-state index contributed by atoms with van der Waals surface area (Å²) in [4.78, 5) is 13.4. The van der Waals surface area contributed by atoms with Gasteiger partial charge < -0.3 is 49.6 Å². The van der Waals surface area contributed by atoms with Crippen LogP contribution < -0.4 is 10.2 Å². The first-order valence-corrected chi connectivity index (χ1v) is 11.7. The Morgan fingerprint density at radius 2 is 1.65 bits per heavy atom. The van der Waals surface area contributed by atoms with Gasteiger partial charge in [-0.25, -0.2) is 4.18 Å². The highest BCUT2D eigenvalue weighted by molar-refractivity contribution is 7.80. The van der Waals surface area contributed by atoms with Crippen LogP contribution in [0, 0.1) is 0 Å². The number of hydrogen-bond acceptors (Lipinski definition) is 14. The summed E-state index contributed by atoms with van der Waals surface area (Å²) < 4.78 is 52.2. The molecule has 1 aliphatic rings. The molecule has 5 atom stereocenters. The standard InChI is InChI=1S/C21H20O15S/c22-6-13-15(27)19(36-37(30,31)32)17(29)21(34-13)35-20-16(28)14-11(26)4-8(23)5-12(14)33-18(20)7-1-2-9(24)10(25)3-7/h1-5,13,15,17,19,21-27,29H,6H2,(H,30,31,32)/t13-,15-,17-,19+,21+/m1/s1. The van der Waals surface area contributed by atoms with Crippen molar-refractivity contribution in [3.63, 3.8) is 0 Å². The van der Waals surface area contributed by atoms with Gasteiger partial charge in [-0.2, -0.15) is 8.42 Å². The highest BCUT2D eigenvalue weighted by atomic mass is 32.3. The summed E-state index contributed by atoms with van der Waals surface area (Å²) in [5.74, 6) is -3.61. The molecular formula is C21H20O15S. The van der Waals surface area contributed by atoms with E-state index in [0.29, 0.717) is 0 Å². The third kappa shape index (κ3) is 5.12. The monoisotopic (exact) mass is 544 g/mol. The lowest BCUT2D eigenvalue weighted by Crippen LogP contribution is -2.61. The number of aliphatic hydroxyl groups is 3. The molecule has 2 aromatic carbocycles. The molecule has 8 N–H and O–H groups in total. The van der Waals surface area contributed by atoms with Crippen LogP contribution in [0.3, 0.4) is 0 Å². The summed E-state index contributed by atoms with van der Waals surface area (Å²) in [5.41, 5.74) is -1.50. The van der Waals surface area contributed by atoms with Crippen LogP contribution in [0.15, 0.2) is 39.5 Å². The van der Waals surface area contributed by atoms with E-state index in [-0.39, 0.29) is 11.1 Å². The van der Waals surface area contributed by atoms with Gasteiger partial charge in [-0.1, -0.05) is 0 Å². The number of fused-ring (bicyclic) bond motifs is 1. The molecule has 37 heavy (non-hydrogen) atoms. The van der Waals surface area contributed by atoms with E-state index in [2.05, 4.69) is 4.18 Å². The fraction of sp³-hybridized carbons (Fsp3) is 0.286. The summed E-state index contributed by atoms with van der Waals surface area (Å²) in [5, 5.41) is 69.4.